The quantitative estimate of drug-likeness (QED) is 0.768. The number of ether oxygens (including phenoxy) is 1. The molecule has 6 heteroatoms. The summed E-state index contributed by atoms with van der Waals surface area (Å²) in [6.07, 6.45) is 1.84. The molecule has 0 bridgehead atoms. The molecule has 3 unspecified atom stereocenters. The number of carbonyl (C=O) groups is 2. The number of rotatable bonds is 4. The molecule has 144 valence electrons. The van der Waals surface area contributed by atoms with Gasteiger partial charge in [0, 0.05) is 46.2 Å². The summed E-state index contributed by atoms with van der Waals surface area (Å²) in [7, 11) is 3.60. The third-order valence-corrected chi connectivity index (χ3v) is 5.32. The van der Waals surface area contributed by atoms with Gasteiger partial charge >= 0.3 is 0 Å². The molecule has 25 heavy (non-hydrogen) atoms. The lowest BCUT2D eigenvalue weighted by Gasteiger charge is -2.43. The highest BCUT2D eigenvalue weighted by atomic mass is 16.5. The maximum Gasteiger partial charge on any atom is 0.240 e. The SMILES string of the molecule is CC1CN(C(C(=O)N2CCC(C(=O)N(C)C)CC2)C(C)C)CC(C)O1. The Labute approximate surface area is 152 Å². The van der Waals surface area contributed by atoms with E-state index in [-0.39, 0.29) is 41.9 Å². The van der Waals surface area contributed by atoms with Crippen molar-refractivity contribution in [2.45, 2.75) is 58.8 Å². The van der Waals surface area contributed by atoms with Gasteiger partial charge in [-0.05, 0) is 32.6 Å². The van der Waals surface area contributed by atoms with E-state index in [9.17, 15) is 9.59 Å². The van der Waals surface area contributed by atoms with Gasteiger partial charge in [-0.25, -0.2) is 0 Å². The Morgan fingerprint density at radius 2 is 1.56 bits per heavy atom. The highest BCUT2D eigenvalue weighted by Crippen LogP contribution is 2.24. The lowest BCUT2D eigenvalue weighted by Crippen LogP contribution is -2.58. The minimum absolute atomic E-state index is 0.0555. The largest absolute Gasteiger partial charge is 0.373 e. The van der Waals surface area contributed by atoms with Crippen molar-refractivity contribution < 1.29 is 14.3 Å². The van der Waals surface area contributed by atoms with Crippen molar-refractivity contribution in [3.63, 3.8) is 0 Å². The summed E-state index contributed by atoms with van der Waals surface area (Å²) in [5, 5.41) is 0. The number of piperidine rings is 1. The summed E-state index contributed by atoms with van der Waals surface area (Å²) in [6.45, 7) is 11.4. The molecule has 0 aliphatic carbocycles. The zero-order chi connectivity index (χ0) is 18.7. The third-order valence-electron chi connectivity index (χ3n) is 5.32. The smallest absolute Gasteiger partial charge is 0.240 e. The van der Waals surface area contributed by atoms with E-state index in [0.717, 1.165) is 25.9 Å². The van der Waals surface area contributed by atoms with E-state index in [1.165, 1.54) is 0 Å². The molecule has 2 saturated heterocycles. The number of morpholine rings is 1. The van der Waals surface area contributed by atoms with Crippen molar-refractivity contribution in [2.75, 3.05) is 40.3 Å². The van der Waals surface area contributed by atoms with Gasteiger partial charge in [-0.15, -0.1) is 0 Å². The fourth-order valence-corrected chi connectivity index (χ4v) is 4.21. The van der Waals surface area contributed by atoms with E-state index >= 15 is 0 Å². The van der Waals surface area contributed by atoms with Crippen LogP contribution in [0.15, 0.2) is 0 Å². The molecule has 2 aliphatic heterocycles. The van der Waals surface area contributed by atoms with Gasteiger partial charge in [0.1, 0.15) is 0 Å². The molecule has 0 saturated carbocycles. The van der Waals surface area contributed by atoms with Crippen molar-refractivity contribution in [3.8, 4) is 0 Å². The van der Waals surface area contributed by atoms with Gasteiger partial charge in [0.2, 0.25) is 11.8 Å². The minimum atomic E-state index is -0.102. The molecular formula is C19H35N3O3. The summed E-state index contributed by atoms with van der Waals surface area (Å²) in [5.74, 6) is 0.710. The second-order valence-electron chi connectivity index (χ2n) is 8.23. The Bertz CT molecular complexity index is 463. The second-order valence-corrected chi connectivity index (χ2v) is 8.23. The summed E-state index contributed by atoms with van der Waals surface area (Å²) < 4.78 is 5.83. The Morgan fingerprint density at radius 3 is 2.00 bits per heavy atom. The molecule has 0 aromatic rings. The van der Waals surface area contributed by atoms with Gasteiger partial charge in [-0.3, -0.25) is 14.5 Å². The Balaban J connectivity index is 2.00. The normalized spacial score (nSPS) is 27.4. The number of nitrogens with zero attached hydrogens (tertiary/aromatic N) is 3. The van der Waals surface area contributed by atoms with Crippen LogP contribution in [0.3, 0.4) is 0 Å². The molecular weight excluding hydrogens is 318 g/mol. The van der Waals surface area contributed by atoms with Gasteiger partial charge in [0.25, 0.3) is 0 Å². The molecule has 0 aromatic carbocycles. The molecule has 2 amide bonds. The predicted octanol–water partition coefficient (Wildman–Crippen LogP) is 1.45. The van der Waals surface area contributed by atoms with Gasteiger partial charge in [0.05, 0.1) is 18.2 Å². The first kappa shape index (κ1) is 20.2. The zero-order valence-electron chi connectivity index (χ0n) is 16.7. The molecule has 0 spiro atoms. The Hall–Kier alpha value is -1.14. The van der Waals surface area contributed by atoms with Gasteiger partial charge in [0.15, 0.2) is 0 Å². The summed E-state index contributed by atoms with van der Waals surface area (Å²) in [6, 6.07) is -0.102. The van der Waals surface area contributed by atoms with Crippen LogP contribution in [-0.2, 0) is 14.3 Å². The molecule has 2 heterocycles. The standard InChI is InChI=1S/C19H35N3O3/c1-13(2)17(22-11-14(3)25-15(4)12-22)19(24)21-9-7-16(8-10-21)18(23)20(5)6/h13-17H,7-12H2,1-6H3. The number of hydrogen-bond acceptors (Lipinski definition) is 4. The average molecular weight is 354 g/mol. The zero-order valence-corrected chi connectivity index (χ0v) is 16.7. The molecule has 2 rings (SSSR count). The van der Waals surface area contributed by atoms with Crippen LogP contribution in [0.5, 0.6) is 0 Å². The topological polar surface area (TPSA) is 53.1 Å². The summed E-state index contributed by atoms with van der Waals surface area (Å²) in [4.78, 5) is 31.3. The van der Waals surface area contributed by atoms with E-state index in [4.69, 9.17) is 4.74 Å². The van der Waals surface area contributed by atoms with E-state index in [1.807, 2.05) is 4.90 Å². The summed E-state index contributed by atoms with van der Waals surface area (Å²) in [5.41, 5.74) is 0. The van der Waals surface area contributed by atoms with Gasteiger partial charge < -0.3 is 14.5 Å². The number of carbonyl (C=O) groups excluding carboxylic acids is 2. The van der Waals surface area contributed by atoms with Crippen LogP contribution < -0.4 is 0 Å². The number of hydrogen-bond donors (Lipinski definition) is 0. The van der Waals surface area contributed by atoms with E-state index in [2.05, 4.69) is 32.6 Å². The van der Waals surface area contributed by atoms with E-state index < -0.39 is 0 Å². The van der Waals surface area contributed by atoms with Crippen molar-refractivity contribution in [1.82, 2.24) is 14.7 Å². The van der Waals surface area contributed by atoms with E-state index in [1.54, 1.807) is 19.0 Å². The number of likely N-dealkylation sites (tertiary alicyclic amines) is 1. The Kier molecular flexibility index (Phi) is 6.86. The molecule has 2 fully saturated rings. The lowest BCUT2D eigenvalue weighted by atomic mass is 9.93. The van der Waals surface area contributed by atoms with Crippen LogP contribution in [0, 0.1) is 11.8 Å². The van der Waals surface area contributed by atoms with Crippen molar-refractivity contribution in [2.24, 2.45) is 11.8 Å². The molecule has 0 N–H and O–H groups in total. The molecule has 3 atom stereocenters. The molecule has 6 nitrogen and oxygen atoms in total. The van der Waals surface area contributed by atoms with Crippen LogP contribution in [-0.4, -0.2) is 85.0 Å². The van der Waals surface area contributed by atoms with Crippen LogP contribution in [0.4, 0.5) is 0 Å². The van der Waals surface area contributed by atoms with Gasteiger partial charge in [-0.2, -0.15) is 0 Å². The fourth-order valence-electron chi connectivity index (χ4n) is 4.21. The van der Waals surface area contributed by atoms with Crippen LogP contribution in [0.1, 0.15) is 40.5 Å². The van der Waals surface area contributed by atoms with E-state index in [0.29, 0.717) is 13.1 Å². The molecule has 2 aliphatic rings. The minimum Gasteiger partial charge on any atom is -0.373 e. The van der Waals surface area contributed by atoms with Crippen LogP contribution in [0.2, 0.25) is 0 Å². The first-order valence-electron chi connectivity index (χ1n) is 9.60. The fraction of sp³-hybridized carbons (Fsp3) is 0.895. The molecule has 0 aromatic heterocycles. The molecule has 0 radical (unpaired) electrons. The maximum atomic E-state index is 13.2. The van der Waals surface area contributed by atoms with Crippen molar-refractivity contribution in [3.05, 3.63) is 0 Å². The average Bonchev–Trinajstić information content (AvgIpc) is 2.53. The highest BCUT2D eigenvalue weighted by Gasteiger charge is 2.38. The highest BCUT2D eigenvalue weighted by molar-refractivity contribution is 5.83. The predicted molar refractivity (Wildman–Crippen MR) is 98.2 cm³/mol. The van der Waals surface area contributed by atoms with Crippen LogP contribution >= 0.6 is 0 Å². The monoisotopic (exact) mass is 353 g/mol. The lowest BCUT2D eigenvalue weighted by molar-refractivity contribution is -0.148. The number of amides is 2. The summed E-state index contributed by atoms with van der Waals surface area (Å²) >= 11 is 0. The van der Waals surface area contributed by atoms with Gasteiger partial charge in [-0.1, -0.05) is 13.8 Å². The van der Waals surface area contributed by atoms with Crippen molar-refractivity contribution >= 4 is 11.8 Å². The van der Waals surface area contributed by atoms with Crippen LogP contribution in [0.25, 0.3) is 0 Å². The van der Waals surface area contributed by atoms with Crippen molar-refractivity contribution in [1.29, 1.82) is 0 Å². The maximum absolute atomic E-state index is 13.2. The first-order chi connectivity index (χ1) is 11.7. The first-order valence-corrected chi connectivity index (χ1v) is 9.60. The third kappa shape index (κ3) is 4.94. The second kappa shape index (κ2) is 8.49. The Morgan fingerprint density at radius 1 is 1.04 bits per heavy atom.